The lowest BCUT2D eigenvalue weighted by Gasteiger charge is -2.27. The average Bonchev–Trinajstić information content (AvgIpc) is 3.35. The maximum absolute atomic E-state index is 14.2. The number of hydrogen-bond donors (Lipinski definition) is 2. The normalized spacial score (nSPS) is 12.5. The summed E-state index contributed by atoms with van der Waals surface area (Å²) in [6.45, 7) is 1.64. The minimum absolute atomic E-state index is 0.0377. The van der Waals surface area contributed by atoms with Crippen LogP contribution in [0, 0.1) is 23.0 Å². The quantitative estimate of drug-likeness (QED) is 0.419. The van der Waals surface area contributed by atoms with Crippen molar-refractivity contribution in [1.29, 1.82) is 5.26 Å². The van der Waals surface area contributed by atoms with Gasteiger partial charge in [0.15, 0.2) is 5.69 Å². The molecular formula is C25H19F2N5O4. The Kier molecular flexibility index (Phi) is 6.60. The van der Waals surface area contributed by atoms with Crippen molar-refractivity contribution in [2.24, 2.45) is 7.05 Å². The molecule has 0 aliphatic rings. The lowest BCUT2D eigenvalue weighted by Crippen LogP contribution is -2.29. The SMILES string of the molecule is C[C@H](c1nc(C(=O)Nc2cnoc2)c(O)c(=O)n1C)[C@H](c1cc(F)cc(F)c1)c1ccccc1C#N. The molecule has 0 saturated carbocycles. The van der Waals surface area contributed by atoms with Crippen LogP contribution in [0.2, 0.25) is 0 Å². The van der Waals surface area contributed by atoms with E-state index in [1.54, 1.807) is 31.2 Å². The number of rotatable bonds is 6. The number of nitrogens with zero attached hydrogens (tertiary/aromatic N) is 4. The van der Waals surface area contributed by atoms with Crippen LogP contribution < -0.4 is 10.9 Å². The number of benzene rings is 2. The number of halogens is 2. The van der Waals surface area contributed by atoms with Gasteiger partial charge in [0.05, 0.1) is 17.8 Å². The highest BCUT2D eigenvalue weighted by Gasteiger charge is 2.31. The van der Waals surface area contributed by atoms with E-state index in [1.165, 1.54) is 13.2 Å². The molecule has 2 N–H and O–H groups in total. The van der Waals surface area contributed by atoms with Gasteiger partial charge in [0.25, 0.3) is 11.5 Å². The second kappa shape index (κ2) is 9.79. The Bertz CT molecular complexity index is 1520. The molecule has 2 atom stereocenters. The summed E-state index contributed by atoms with van der Waals surface area (Å²) in [4.78, 5) is 29.9. The molecule has 4 aromatic rings. The summed E-state index contributed by atoms with van der Waals surface area (Å²) >= 11 is 0. The summed E-state index contributed by atoms with van der Waals surface area (Å²) in [5.74, 6) is -5.02. The van der Waals surface area contributed by atoms with Gasteiger partial charge in [0, 0.05) is 24.9 Å². The van der Waals surface area contributed by atoms with Crippen molar-refractivity contribution in [2.75, 3.05) is 5.32 Å². The summed E-state index contributed by atoms with van der Waals surface area (Å²) in [6.07, 6.45) is 2.36. The fourth-order valence-electron chi connectivity index (χ4n) is 4.14. The summed E-state index contributed by atoms with van der Waals surface area (Å²) in [5, 5.41) is 25.9. The molecular weight excluding hydrogens is 472 g/mol. The van der Waals surface area contributed by atoms with Crippen molar-refractivity contribution in [3.63, 3.8) is 0 Å². The van der Waals surface area contributed by atoms with Crippen molar-refractivity contribution in [3.05, 3.63) is 105 Å². The lowest BCUT2D eigenvalue weighted by atomic mass is 9.79. The number of amides is 1. The maximum Gasteiger partial charge on any atom is 0.296 e. The number of aromatic nitrogens is 3. The van der Waals surface area contributed by atoms with E-state index in [1.807, 2.05) is 0 Å². The van der Waals surface area contributed by atoms with Crippen LogP contribution in [0.15, 0.2) is 64.2 Å². The van der Waals surface area contributed by atoms with Gasteiger partial charge in [-0.2, -0.15) is 5.26 Å². The first-order valence-corrected chi connectivity index (χ1v) is 10.7. The van der Waals surface area contributed by atoms with Gasteiger partial charge in [0.2, 0.25) is 5.75 Å². The number of carbonyl (C=O) groups is 1. The van der Waals surface area contributed by atoms with Crippen molar-refractivity contribution < 1.29 is 23.2 Å². The predicted octanol–water partition coefficient (Wildman–Crippen LogP) is 3.81. The van der Waals surface area contributed by atoms with Crippen LogP contribution in [-0.4, -0.2) is 25.7 Å². The van der Waals surface area contributed by atoms with Crippen LogP contribution >= 0.6 is 0 Å². The Morgan fingerprint density at radius 3 is 2.56 bits per heavy atom. The van der Waals surface area contributed by atoms with Gasteiger partial charge in [-0.15, -0.1) is 0 Å². The highest BCUT2D eigenvalue weighted by Crippen LogP contribution is 2.39. The zero-order valence-corrected chi connectivity index (χ0v) is 19.1. The Morgan fingerprint density at radius 2 is 1.92 bits per heavy atom. The Hall–Kier alpha value is -4.85. The third kappa shape index (κ3) is 4.56. The minimum Gasteiger partial charge on any atom is -0.501 e. The smallest absolute Gasteiger partial charge is 0.296 e. The van der Waals surface area contributed by atoms with Crippen molar-refractivity contribution in [3.8, 4) is 11.8 Å². The molecule has 0 unspecified atom stereocenters. The molecule has 11 heteroatoms. The third-order valence-corrected chi connectivity index (χ3v) is 5.77. The molecule has 2 heterocycles. The first-order chi connectivity index (χ1) is 17.2. The Balaban J connectivity index is 1.90. The zero-order chi connectivity index (χ0) is 26.0. The fraction of sp³-hybridized carbons (Fsp3) is 0.160. The van der Waals surface area contributed by atoms with Crippen LogP contribution in [0.1, 0.15) is 51.8 Å². The zero-order valence-electron chi connectivity index (χ0n) is 19.1. The Morgan fingerprint density at radius 1 is 1.22 bits per heavy atom. The molecule has 0 bridgehead atoms. The molecule has 2 aromatic carbocycles. The molecule has 0 aliphatic heterocycles. The van der Waals surface area contributed by atoms with E-state index in [0.717, 1.165) is 29.0 Å². The number of nitrogens with one attached hydrogen (secondary N) is 1. The number of anilines is 1. The Labute approximate surface area is 203 Å². The second-order valence-corrected chi connectivity index (χ2v) is 8.07. The van der Waals surface area contributed by atoms with E-state index >= 15 is 0 Å². The molecule has 1 amide bonds. The van der Waals surface area contributed by atoms with Crippen molar-refractivity contribution in [2.45, 2.75) is 18.8 Å². The monoisotopic (exact) mass is 491 g/mol. The molecule has 182 valence electrons. The van der Waals surface area contributed by atoms with Gasteiger partial charge in [-0.05, 0) is 29.3 Å². The standard InChI is InChI=1S/C25H19F2N5O4/c1-13(20(15-7-16(26)9-17(27)8-15)19-6-4-3-5-14(19)10-28)23-31-21(22(33)25(35)32(23)2)24(34)30-18-11-29-36-12-18/h3-9,11-13,20,33H,1-2H3,(H,30,34)/t13-,20+/m0/s1. The van der Waals surface area contributed by atoms with Gasteiger partial charge in [0.1, 0.15) is 29.4 Å². The number of nitriles is 1. The van der Waals surface area contributed by atoms with E-state index < -0.39 is 46.4 Å². The van der Waals surface area contributed by atoms with Gasteiger partial charge >= 0.3 is 0 Å². The molecule has 4 rings (SSSR count). The average molecular weight is 491 g/mol. The van der Waals surface area contributed by atoms with Gasteiger partial charge in [-0.1, -0.05) is 30.3 Å². The van der Waals surface area contributed by atoms with Gasteiger partial charge in [-0.25, -0.2) is 13.8 Å². The molecule has 0 saturated heterocycles. The highest BCUT2D eigenvalue weighted by molar-refractivity contribution is 6.04. The van der Waals surface area contributed by atoms with Gasteiger partial charge in [-0.3, -0.25) is 14.2 Å². The fourth-order valence-corrected chi connectivity index (χ4v) is 4.14. The van der Waals surface area contributed by atoms with E-state index in [9.17, 15) is 28.7 Å². The predicted molar refractivity (Wildman–Crippen MR) is 123 cm³/mol. The molecule has 9 nitrogen and oxygen atoms in total. The first kappa shape index (κ1) is 24.3. The molecule has 0 radical (unpaired) electrons. The third-order valence-electron chi connectivity index (χ3n) is 5.77. The first-order valence-electron chi connectivity index (χ1n) is 10.7. The number of carbonyl (C=O) groups excluding carboxylic acids is 1. The lowest BCUT2D eigenvalue weighted by molar-refractivity contribution is 0.101. The number of hydrogen-bond acceptors (Lipinski definition) is 7. The van der Waals surface area contributed by atoms with E-state index in [0.29, 0.717) is 5.56 Å². The molecule has 0 spiro atoms. The van der Waals surface area contributed by atoms with E-state index in [-0.39, 0.29) is 22.6 Å². The van der Waals surface area contributed by atoms with Crippen LogP contribution in [0.3, 0.4) is 0 Å². The minimum atomic E-state index is -0.903. The molecule has 2 aromatic heterocycles. The molecule has 0 fully saturated rings. The van der Waals surface area contributed by atoms with Crippen LogP contribution in [-0.2, 0) is 7.05 Å². The van der Waals surface area contributed by atoms with Crippen LogP contribution in [0.25, 0.3) is 0 Å². The summed E-state index contributed by atoms with van der Waals surface area (Å²) in [6, 6.07) is 11.6. The highest BCUT2D eigenvalue weighted by atomic mass is 19.1. The van der Waals surface area contributed by atoms with E-state index in [4.69, 9.17) is 0 Å². The van der Waals surface area contributed by atoms with E-state index in [2.05, 4.69) is 26.0 Å². The summed E-state index contributed by atoms with van der Waals surface area (Å²) in [5.41, 5.74) is -0.393. The molecule has 0 aliphatic carbocycles. The topological polar surface area (TPSA) is 134 Å². The molecule has 36 heavy (non-hydrogen) atoms. The summed E-state index contributed by atoms with van der Waals surface area (Å²) in [7, 11) is 1.35. The van der Waals surface area contributed by atoms with Crippen molar-refractivity contribution >= 4 is 11.6 Å². The van der Waals surface area contributed by atoms with Crippen molar-refractivity contribution in [1.82, 2.24) is 14.7 Å². The number of aromatic hydroxyl groups is 1. The largest absolute Gasteiger partial charge is 0.501 e. The van der Waals surface area contributed by atoms with Crippen LogP contribution in [0.4, 0.5) is 14.5 Å². The summed E-state index contributed by atoms with van der Waals surface area (Å²) < 4.78 is 34.2. The maximum atomic E-state index is 14.2. The second-order valence-electron chi connectivity index (χ2n) is 8.07. The van der Waals surface area contributed by atoms with Crippen LogP contribution in [0.5, 0.6) is 5.75 Å². The van der Waals surface area contributed by atoms with Gasteiger partial charge < -0.3 is 14.9 Å².